The fourth-order valence-corrected chi connectivity index (χ4v) is 6.08. The lowest BCUT2D eigenvalue weighted by Crippen LogP contribution is -2.43. The average molecular weight is 521 g/mol. The smallest absolute Gasteiger partial charge is 0.377 e. The highest BCUT2D eigenvalue weighted by Gasteiger charge is 2.40. The molecule has 15 heteroatoms. The Bertz CT molecular complexity index is 409. The number of aliphatic hydroxyl groups is 1. The van der Waals surface area contributed by atoms with Crippen LogP contribution in [0.3, 0.4) is 0 Å². The van der Waals surface area contributed by atoms with Crippen molar-refractivity contribution in [1.82, 2.24) is 0 Å². The van der Waals surface area contributed by atoms with E-state index in [1.165, 1.54) is 42.7 Å². The third kappa shape index (κ3) is 15.6. The number of rotatable bonds is 17. The van der Waals surface area contributed by atoms with Crippen LogP contribution in [-0.2, 0) is 31.3 Å². The minimum Gasteiger partial charge on any atom is -0.377 e. The van der Waals surface area contributed by atoms with Crippen LogP contribution in [0.4, 0.5) is 22.0 Å². The summed E-state index contributed by atoms with van der Waals surface area (Å²) in [5.41, 5.74) is 0. The monoisotopic (exact) mass is 520 g/mol. The Morgan fingerprint density at radius 1 is 0.656 bits per heavy atom. The van der Waals surface area contributed by atoms with Gasteiger partial charge in [-0.2, -0.15) is 0 Å². The Morgan fingerprint density at radius 3 is 1.25 bits per heavy atom. The molecule has 0 fully saturated rings. The van der Waals surface area contributed by atoms with Crippen LogP contribution >= 0.6 is 0 Å². The van der Waals surface area contributed by atoms with Crippen molar-refractivity contribution in [3.8, 4) is 0 Å². The first-order valence-corrected chi connectivity index (χ1v) is 13.7. The van der Waals surface area contributed by atoms with E-state index in [9.17, 15) is 27.1 Å². The summed E-state index contributed by atoms with van der Waals surface area (Å²) in [6.07, 6.45) is -4.06. The van der Waals surface area contributed by atoms with E-state index < -0.39 is 43.1 Å². The van der Waals surface area contributed by atoms with E-state index in [0.717, 1.165) is 0 Å². The van der Waals surface area contributed by atoms with Gasteiger partial charge in [0.2, 0.25) is 5.85 Å². The second-order valence-electron chi connectivity index (χ2n) is 6.55. The van der Waals surface area contributed by atoms with Crippen molar-refractivity contribution < 1.29 is 58.4 Å². The third-order valence-corrected chi connectivity index (χ3v) is 10.2. The summed E-state index contributed by atoms with van der Waals surface area (Å²) in [4.78, 5) is 0. The van der Waals surface area contributed by atoms with Gasteiger partial charge in [0.05, 0.1) is 13.3 Å². The molecule has 196 valence electrons. The molecule has 0 aliphatic heterocycles. The molecule has 1 N–H and O–H groups in total. The van der Waals surface area contributed by atoms with Crippen LogP contribution in [0, 0.1) is 0 Å². The van der Waals surface area contributed by atoms with Gasteiger partial charge >= 0.3 is 24.0 Å². The van der Waals surface area contributed by atoms with E-state index in [4.69, 9.17) is 26.6 Å². The zero-order valence-electron chi connectivity index (χ0n) is 19.6. The lowest BCUT2D eigenvalue weighted by atomic mass is 10.1. The number of hydrogen-bond donors (Lipinski definition) is 1. The molecule has 0 aromatic heterocycles. The van der Waals surface area contributed by atoms with E-state index in [-0.39, 0.29) is 19.3 Å². The van der Waals surface area contributed by atoms with Gasteiger partial charge in [0.15, 0.2) is 0 Å². The second-order valence-corrected chi connectivity index (χ2v) is 12.7. The quantitative estimate of drug-likeness (QED) is 0.176. The molecule has 0 spiro atoms. The van der Waals surface area contributed by atoms with Crippen LogP contribution in [0.25, 0.3) is 0 Å². The second kappa shape index (κ2) is 17.2. The predicted molar refractivity (Wildman–Crippen MR) is 110 cm³/mol. The zero-order valence-corrected chi connectivity index (χ0v) is 21.6. The Kier molecular flexibility index (Phi) is 18.3. The van der Waals surface area contributed by atoms with Crippen LogP contribution in [-0.4, -0.2) is 90.9 Å². The van der Waals surface area contributed by atoms with Crippen LogP contribution in [0.2, 0.25) is 12.1 Å². The SMILES string of the molecule is CO[Si](CCCC(O)(F)CCC[Si](OC)(OC)OC)(OC)OC.FCCCOC(F)(F)F. The summed E-state index contributed by atoms with van der Waals surface area (Å²) in [5, 5.41) is 9.86. The standard InChI is InChI=1S/C13H31FO7Si2.C4H6F4O/c1-16-22(17-2,18-3)11-7-9-13(14,15)10-8-12-23(19-4,20-5)21-6;5-2-1-3-9-4(6,7)8/h15H,7-12H2,1-6H3;1-3H2. The summed E-state index contributed by atoms with van der Waals surface area (Å²) in [6.45, 7) is -1.38. The van der Waals surface area contributed by atoms with Crippen molar-refractivity contribution >= 4 is 17.6 Å². The molecule has 0 aliphatic carbocycles. The molecule has 0 radical (unpaired) electrons. The molecule has 0 amide bonds. The van der Waals surface area contributed by atoms with Gasteiger partial charge in [-0.25, -0.2) is 4.39 Å². The minimum absolute atomic E-state index is 0.0146. The van der Waals surface area contributed by atoms with E-state index >= 15 is 0 Å². The Balaban J connectivity index is 0. The number of ether oxygens (including phenoxy) is 1. The molecule has 0 rings (SSSR count). The first-order valence-electron chi connectivity index (χ1n) is 9.83. The maximum Gasteiger partial charge on any atom is 0.522 e. The maximum absolute atomic E-state index is 14.2. The topological polar surface area (TPSA) is 84.8 Å². The number of hydrogen-bond acceptors (Lipinski definition) is 8. The first-order chi connectivity index (χ1) is 14.8. The molecule has 0 aromatic carbocycles. The Morgan fingerprint density at radius 2 is 1.00 bits per heavy atom. The lowest BCUT2D eigenvalue weighted by Gasteiger charge is -2.27. The fourth-order valence-electron chi connectivity index (χ4n) is 2.63. The van der Waals surface area contributed by atoms with Crippen LogP contribution < -0.4 is 0 Å². The van der Waals surface area contributed by atoms with E-state index in [1.807, 2.05) is 0 Å². The molecule has 0 heterocycles. The predicted octanol–water partition coefficient (Wildman–Crippen LogP) is 3.84. The highest BCUT2D eigenvalue weighted by Crippen LogP contribution is 2.28. The number of alkyl halides is 5. The van der Waals surface area contributed by atoms with Gasteiger partial charge in [-0.05, 0) is 19.3 Å². The van der Waals surface area contributed by atoms with Crippen molar-refractivity contribution in [3.05, 3.63) is 0 Å². The van der Waals surface area contributed by atoms with Crippen molar-refractivity contribution in [2.45, 2.75) is 56.4 Å². The highest BCUT2D eigenvalue weighted by molar-refractivity contribution is 6.60. The molecule has 0 unspecified atom stereocenters. The van der Waals surface area contributed by atoms with Gasteiger partial charge in [0.1, 0.15) is 0 Å². The molecular formula is C17H37F5O8Si2. The van der Waals surface area contributed by atoms with Gasteiger partial charge in [0.25, 0.3) is 0 Å². The van der Waals surface area contributed by atoms with Crippen molar-refractivity contribution in [2.24, 2.45) is 0 Å². The molecule has 0 saturated heterocycles. The van der Waals surface area contributed by atoms with Gasteiger partial charge in [-0.1, -0.05) is 0 Å². The van der Waals surface area contributed by atoms with Gasteiger partial charge in [-0.3, -0.25) is 9.13 Å². The van der Waals surface area contributed by atoms with Crippen LogP contribution in [0.5, 0.6) is 0 Å². The third-order valence-electron chi connectivity index (χ3n) is 4.50. The summed E-state index contributed by atoms with van der Waals surface area (Å²) in [6, 6.07) is 0.880. The van der Waals surface area contributed by atoms with Gasteiger partial charge in [-0.15, -0.1) is 13.2 Å². The van der Waals surface area contributed by atoms with Gasteiger partial charge in [0, 0.05) is 67.6 Å². The van der Waals surface area contributed by atoms with E-state index in [2.05, 4.69) is 4.74 Å². The maximum atomic E-state index is 14.2. The summed E-state index contributed by atoms with van der Waals surface area (Å²) in [5.74, 6) is -2.26. The number of halogens is 5. The molecular weight excluding hydrogens is 483 g/mol. The molecule has 32 heavy (non-hydrogen) atoms. The molecule has 8 nitrogen and oxygen atoms in total. The molecule has 0 bridgehead atoms. The first kappa shape index (κ1) is 33.9. The minimum atomic E-state index is -4.62. The summed E-state index contributed by atoms with van der Waals surface area (Å²) in [7, 11) is 3.58. The van der Waals surface area contributed by atoms with Crippen LogP contribution in [0.15, 0.2) is 0 Å². The molecule has 0 atom stereocenters. The summed E-state index contributed by atoms with van der Waals surface area (Å²) < 4.78 is 93.3. The fraction of sp³-hybridized carbons (Fsp3) is 1.00. The van der Waals surface area contributed by atoms with Crippen molar-refractivity contribution in [3.63, 3.8) is 0 Å². The lowest BCUT2D eigenvalue weighted by molar-refractivity contribution is -0.324. The largest absolute Gasteiger partial charge is 0.522 e. The van der Waals surface area contributed by atoms with Crippen LogP contribution in [0.1, 0.15) is 32.1 Å². The molecule has 0 aromatic rings. The molecule has 0 saturated carbocycles. The van der Waals surface area contributed by atoms with Gasteiger partial charge < -0.3 is 31.7 Å². The normalized spacial score (nSPS) is 13.1. The Hall–Kier alpha value is -0.236. The van der Waals surface area contributed by atoms with Crippen molar-refractivity contribution in [1.29, 1.82) is 0 Å². The average Bonchev–Trinajstić information content (AvgIpc) is 2.75. The van der Waals surface area contributed by atoms with E-state index in [0.29, 0.717) is 24.9 Å². The van der Waals surface area contributed by atoms with E-state index in [1.54, 1.807) is 0 Å². The summed E-state index contributed by atoms with van der Waals surface area (Å²) >= 11 is 0. The zero-order chi connectivity index (χ0) is 25.3. The molecule has 0 aliphatic rings. The Labute approximate surface area is 189 Å². The highest BCUT2D eigenvalue weighted by atomic mass is 28.4. The van der Waals surface area contributed by atoms with Crippen molar-refractivity contribution in [2.75, 3.05) is 55.9 Å².